The highest BCUT2D eigenvalue weighted by atomic mass is 15.5. The molecule has 6 aromatic carbocycles. The fraction of sp³-hybridized carbons (Fsp3) is 0.280. The molecule has 0 radical (unpaired) electrons. The number of aryl methyl sites for hydroxylation is 12. The van der Waals surface area contributed by atoms with Crippen molar-refractivity contribution in [1.29, 1.82) is 0 Å². The van der Waals surface area contributed by atoms with Crippen molar-refractivity contribution in [3.05, 3.63) is 164 Å². The molecule has 0 fully saturated rings. The molecule has 8 rings (SSSR count). The zero-order valence-corrected chi connectivity index (χ0v) is 34.2. The van der Waals surface area contributed by atoms with E-state index in [2.05, 4.69) is 200 Å². The maximum Gasteiger partial charge on any atom is 0.151 e. The lowest BCUT2D eigenvalue weighted by Gasteiger charge is -2.45. The molecule has 54 heavy (non-hydrogen) atoms. The van der Waals surface area contributed by atoms with Crippen LogP contribution in [0.15, 0.2) is 97.1 Å². The minimum atomic E-state index is -0.183. The predicted molar refractivity (Wildman–Crippen MR) is 232 cm³/mol. The highest BCUT2D eigenvalue weighted by Crippen LogP contribution is 2.57. The fourth-order valence-corrected chi connectivity index (χ4v) is 9.07. The van der Waals surface area contributed by atoms with Crippen LogP contribution in [0, 0.1) is 83.1 Å². The summed E-state index contributed by atoms with van der Waals surface area (Å²) in [5.74, 6) is 0. The molecule has 2 aliphatic heterocycles. The van der Waals surface area contributed by atoms with Crippen LogP contribution in [0.5, 0.6) is 0 Å². The summed E-state index contributed by atoms with van der Waals surface area (Å²) >= 11 is 0. The normalized spacial score (nSPS) is 15.4. The summed E-state index contributed by atoms with van der Waals surface area (Å²) in [6, 6.07) is 37.8. The van der Waals surface area contributed by atoms with Gasteiger partial charge in [-0.1, -0.05) is 30.3 Å². The maximum absolute atomic E-state index is 2.67. The summed E-state index contributed by atoms with van der Waals surface area (Å²) in [5, 5.41) is 0. The van der Waals surface area contributed by atoms with Crippen LogP contribution in [0.2, 0.25) is 0 Å². The van der Waals surface area contributed by atoms with Crippen molar-refractivity contribution in [2.45, 2.75) is 95.4 Å². The summed E-state index contributed by atoms with van der Waals surface area (Å²) < 4.78 is 0. The second-order valence-corrected chi connectivity index (χ2v) is 16.5. The van der Waals surface area contributed by atoms with Crippen molar-refractivity contribution in [3.63, 3.8) is 0 Å². The summed E-state index contributed by atoms with van der Waals surface area (Å²) in [7, 11) is 0. The van der Waals surface area contributed by atoms with Crippen molar-refractivity contribution in [2.24, 2.45) is 0 Å². The zero-order valence-electron chi connectivity index (χ0n) is 34.2. The first-order valence-corrected chi connectivity index (χ1v) is 19.4. The molecule has 0 N–H and O–H groups in total. The number of hydrogen-bond donors (Lipinski definition) is 0. The predicted octanol–water partition coefficient (Wildman–Crippen LogP) is 13.3. The van der Waals surface area contributed by atoms with E-state index in [1.54, 1.807) is 0 Å². The largest absolute Gasteiger partial charge is 0.314 e. The number of rotatable bonds is 5. The molecular weight excluding hydrogens is 657 g/mol. The Morgan fingerprint density at radius 1 is 0.259 bits per heavy atom. The van der Waals surface area contributed by atoms with Gasteiger partial charge in [0.1, 0.15) is 0 Å². The first-order valence-electron chi connectivity index (χ1n) is 19.4. The molecule has 2 heterocycles. The van der Waals surface area contributed by atoms with Gasteiger partial charge in [-0.3, -0.25) is 0 Å². The number of nitrogens with zero attached hydrogens (tertiary/aromatic N) is 4. The Morgan fingerprint density at radius 3 is 0.889 bits per heavy atom. The molecule has 0 saturated carbocycles. The van der Waals surface area contributed by atoms with Crippen LogP contribution in [-0.2, 0) is 0 Å². The van der Waals surface area contributed by atoms with Gasteiger partial charge in [0.15, 0.2) is 12.3 Å². The Bertz CT molecular complexity index is 2330. The fourth-order valence-electron chi connectivity index (χ4n) is 9.07. The lowest BCUT2D eigenvalue weighted by atomic mass is 10.1. The van der Waals surface area contributed by atoms with Gasteiger partial charge in [-0.25, -0.2) is 0 Å². The van der Waals surface area contributed by atoms with E-state index >= 15 is 0 Å². The minimum Gasteiger partial charge on any atom is -0.314 e. The van der Waals surface area contributed by atoms with E-state index in [0.29, 0.717) is 0 Å². The molecule has 4 nitrogen and oxygen atoms in total. The van der Waals surface area contributed by atoms with Gasteiger partial charge in [0.25, 0.3) is 0 Å². The molecule has 0 bridgehead atoms. The maximum atomic E-state index is 2.67. The number of anilines is 8. The quantitative estimate of drug-likeness (QED) is 0.177. The molecule has 0 amide bonds. The second kappa shape index (κ2) is 13.1. The molecule has 4 heteroatoms. The molecule has 2 aliphatic rings. The van der Waals surface area contributed by atoms with E-state index in [0.717, 1.165) is 0 Å². The van der Waals surface area contributed by atoms with Gasteiger partial charge in [-0.05, 0) is 217 Å². The Morgan fingerprint density at radius 2 is 0.556 bits per heavy atom. The van der Waals surface area contributed by atoms with Gasteiger partial charge in [0, 0.05) is 22.7 Å². The van der Waals surface area contributed by atoms with E-state index in [1.165, 1.54) is 112 Å². The van der Waals surface area contributed by atoms with Gasteiger partial charge in [-0.15, -0.1) is 0 Å². The lowest BCUT2D eigenvalue weighted by molar-refractivity contribution is 0.549. The third kappa shape index (κ3) is 5.93. The van der Waals surface area contributed by atoms with Crippen LogP contribution in [0.1, 0.15) is 66.8 Å². The Labute approximate surface area is 323 Å². The van der Waals surface area contributed by atoms with E-state index in [-0.39, 0.29) is 12.3 Å². The van der Waals surface area contributed by atoms with Gasteiger partial charge in [0.2, 0.25) is 0 Å². The van der Waals surface area contributed by atoms with Crippen molar-refractivity contribution >= 4 is 45.5 Å². The summed E-state index contributed by atoms with van der Waals surface area (Å²) in [6.07, 6.45) is -0.366. The molecule has 0 aromatic heterocycles. The summed E-state index contributed by atoms with van der Waals surface area (Å²) in [4.78, 5) is 10.6. The van der Waals surface area contributed by atoms with E-state index in [4.69, 9.17) is 0 Å². The van der Waals surface area contributed by atoms with Crippen molar-refractivity contribution in [3.8, 4) is 0 Å². The van der Waals surface area contributed by atoms with Crippen LogP contribution >= 0.6 is 0 Å². The van der Waals surface area contributed by atoms with Crippen LogP contribution < -0.4 is 19.6 Å². The van der Waals surface area contributed by atoms with Crippen LogP contribution in [0.3, 0.4) is 0 Å². The van der Waals surface area contributed by atoms with E-state index in [1.807, 2.05) is 0 Å². The van der Waals surface area contributed by atoms with Crippen molar-refractivity contribution in [2.75, 3.05) is 19.6 Å². The lowest BCUT2D eigenvalue weighted by Crippen LogP contribution is -2.58. The Kier molecular flexibility index (Phi) is 8.64. The SMILES string of the molecule is Cc1cc(C)cc(N2c3cc(C)c(C)cc3N(c3cc(C)cc(C)c3)C2C2N(c3cc(C)cc(C)c3)c3cc(C)c(C)cc3N2c2cc(C)ccc2C)c1. The number of fused-ring (bicyclic) bond motifs is 2. The standard InChI is InChI=1S/C50H54N4/c1-29-13-14-36(8)44(24-29)54-48-28-40(12)39(11)27-47(48)53(43-22-34(6)17-35(7)23-43)50(54)49-51(41-18-30(2)15-31(3)19-41)45-25-37(9)38(10)26-46(45)52(49)42-20-32(4)16-33(5)21-42/h13-28,49-50H,1-12H3. The topological polar surface area (TPSA) is 13.0 Å². The molecule has 274 valence electrons. The Hall–Kier alpha value is -5.48. The van der Waals surface area contributed by atoms with E-state index in [9.17, 15) is 0 Å². The molecule has 0 spiro atoms. The first-order chi connectivity index (χ1) is 25.7. The van der Waals surface area contributed by atoms with Crippen molar-refractivity contribution < 1.29 is 0 Å². The van der Waals surface area contributed by atoms with Crippen LogP contribution in [-0.4, -0.2) is 12.3 Å². The molecular formula is C50H54N4. The highest BCUT2D eigenvalue weighted by molar-refractivity contribution is 5.95. The van der Waals surface area contributed by atoms with Crippen LogP contribution in [0.4, 0.5) is 45.5 Å². The molecule has 0 saturated heterocycles. The van der Waals surface area contributed by atoms with Crippen LogP contribution in [0.25, 0.3) is 0 Å². The highest BCUT2D eigenvalue weighted by Gasteiger charge is 2.52. The zero-order chi connectivity index (χ0) is 38.3. The smallest absolute Gasteiger partial charge is 0.151 e. The summed E-state index contributed by atoms with van der Waals surface area (Å²) in [5.41, 5.74) is 25.1. The summed E-state index contributed by atoms with van der Waals surface area (Å²) in [6.45, 7) is 26.9. The second-order valence-electron chi connectivity index (χ2n) is 16.5. The van der Waals surface area contributed by atoms with E-state index < -0.39 is 0 Å². The van der Waals surface area contributed by atoms with Gasteiger partial charge >= 0.3 is 0 Å². The molecule has 0 aliphatic carbocycles. The number of benzene rings is 6. The average molecular weight is 711 g/mol. The number of hydrogen-bond acceptors (Lipinski definition) is 4. The van der Waals surface area contributed by atoms with Gasteiger partial charge in [-0.2, -0.15) is 0 Å². The average Bonchev–Trinajstić information content (AvgIpc) is 3.56. The van der Waals surface area contributed by atoms with Gasteiger partial charge < -0.3 is 19.6 Å². The van der Waals surface area contributed by atoms with Gasteiger partial charge in [0.05, 0.1) is 22.7 Å². The monoisotopic (exact) mass is 710 g/mol. The third-order valence-electron chi connectivity index (χ3n) is 11.6. The minimum absolute atomic E-state index is 0.183. The molecule has 6 aromatic rings. The third-order valence-corrected chi connectivity index (χ3v) is 11.6. The van der Waals surface area contributed by atoms with Crippen molar-refractivity contribution in [1.82, 2.24) is 0 Å². The molecule has 1 atom stereocenters. The Balaban J connectivity index is 1.54. The molecule has 1 unspecified atom stereocenters. The first kappa shape index (κ1) is 35.5.